The molecule has 0 atom stereocenters. The summed E-state index contributed by atoms with van der Waals surface area (Å²) in [4.78, 5) is 0. The molecule has 0 saturated heterocycles. The van der Waals surface area contributed by atoms with E-state index in [9.17, 15) is 4.39 Å². The first-order chi connectivity index (χ1) is 8.98. The summed E-state index contributed by atoms with van der Waals surface area (Å²) < 4.78 is 24.6. The lowest BCUT2D eigenvalue weighted by atomic mass is 10.1. The first-order valence-electron chi connectivity index (χ1n) is 6.52. The Morgan fingerprint density at radius 3 is 2.68 bits per heavy atom. The Kier molecular flexibility index (Phi) is 6.66. The molecule has 4 heteroatoms. The zero-order chi connectivity index (χ0) is 14.3. The summed E-state index contributed by atoms with van der Waals surface area (Å²) in [6, 6.07) is 4.71. The van der Waals surface area contributed by atoms with Crippen molar-refractivity contribution in [3.63, 3.8) is 0 Å². The lowest BCUT2D eigenvalue weighted by Crippen LogP contribution is -2.25. The highest BCUT2D eigenvalue weighted by Crippen LogP contribution is 2.23. The SMILES string of the molecule is CCSCCC(C)(C)OCc1cc(OC)ccc1F. The van der Waals surface area contributed by atoms with Gasteiger partial charge < -0.3 is 9.47 Å². The molecule has 1 aromatic rings. The van der Waals surface area contributed by atoms with E-state index in [0.717, 1.165) is 17.9 Å². The lowest BCUT2D eigenvalue weighted by Gasteiger charge is -2.25. The number of rotatable bonds is 8. The fraction of sp³-hybridized carbons (Fsp3) is 0.600. The minimum atomic E-state index is -0.250. The lowest BCUT2D eigenvalue weighted by molar-refractivity contribution is -0.0318. The maximum absolute atomic E-state index is 13.6. The van der Waals surface area contributed by atoms with Crippen LogP contribution >= 0.6 is 11.8 Å². The Balaban J connectivity index is 2.55. The summed E-state index contributed by atoms with van der Waals surface area (Å²) in [5, 5.41) is 0. The predicted molar refractivity (Wildman–Crippen MR) is 79.4 cm³/mol. The molecule has 0 radical (unpaired) electrons. The van der Waals surface area contributed by atoms with Gasteiger partial charge in [-0.3, -0.25) is 0 Å². The maximum Gasteiger partial charge on any atom is 0.128 e. The molecule has 0 spiro atoms. The van der Waals surface area contributed by atoms with E-state index in [1.54, 1.807) is 19.2 Å². The smallest absolute Gasteiger partial charge is 0.128 e. The van der Waals surface area contributed by atoms with E-state index in [4.69, 9.17) is 9.47 Å². The molecule has 0 fully saturated rings. The van der Waals surface area contributed by atoms with Crippen LogP contribution in [0.2, 0.25) is 0 Å². The van der Waals surface area contributed by atoms with Crippen molar-refractivity contribution < 1.29 is 13.9 Å². The second-order valence-electron chi connectivity index (χ2n) is 4.95. The van der Waals surface area contributed by atoms with Crippen molar-refractivity contribution in [2.45, 2.75) is 39.4 Å². The van der Waals surface area contributed by atoms with Gasteiger partial charge in [-0.2, -0.15) is 11.8 Å². The number of hydrogen-bond acceptors (Lipinski definition) is 3. The van der Waals surface area contributed by atoms with E-state index in [0.29, 0.717) is 11.3 Å². The summed E-state index contributed by atoms with van der Waals surface area (Å²) >= 11 is 1.89. The molecule has 1 rings (SSSR count). The van der Waals surface area contributed by atoms with Crippen LogP contribution in [-0.2, 0) is 11.3 Å². The quantitative estimate of drug-likeness (QED) is 0.665. The van der Waals surface area contributed by atoms with Crippen LogP contribution in [0.4, 0.5) is 4.39 Å². The molecule has 0 aliphatic heterocycles. The maximum atomic E-state index is 13.6. The molecule has 0 unspecified atom stereocenters. The molecule has 0 amide bonds. The number of ether oxygens (including phenoxy) is 2. The molecule has 0 aromatic heterocycles. The monoisotopic (exact) mass is 286 g/mol. The third-order valence-electron chi connectivity index (χ3n) is 2.92. The molecular formula is C15H23FO2S. The molecule has 0 N–H and O–H groups in total. The normalized spacial score (nSPS) is 11.6. The van der Waals surface area contributed by atoms with Crippen molar-refractivity contribution in [2.75, 3.05) is 18.6 Å². The Hall–Kier alpha value is -0.740. The predicted octanol–water partition coefficient (Wildman–Crippen LogP) is 4.27. The standard InChI is InChI=1S/C15H23FO2S/c1-5-19-9-8-15(2,3)18-11-12-10-13(17-4)6-7-14(12)16/h6-7,10H,5,8-9,11H2,1-4H3. The zero-order valence-electron chi connectivity index (χ0n) is 12.2. The Labute approximate surface area is 119 Å². The van der Waals surface area contributed by atoms with Gasteiger partial charge in [0.05, 0.1) is 19.3 Å². The first kappa shape index (κ1) is 16.3. The van der Waals surface area contributed by atoms with Gasteiger partial charge in [0.15, 0.2) is 0 Å². The molecule has 2 nitrogen and oxygen atoms in total. The van der Waals surface area contributed by atoms with Gasteiger partial charge in [-0.05, 0) is 50.0 Å². The Morgan fingerprint density at radius 1 is 1.32 bits per heavy atom. The number of hydrogen-bond donors (Lipinski definition) is 0. The summed E-state index contributed by atoms with van der Waals surface area (Å²) in [5.41, 5.74) is 0.299. The fourth-order valence-corrected chi connectivity index (χ4v) is 2.52. The minimum absolute atomic E-state index is 0.238. The van der Waals surface area contributed by atoms with Crippen LogP contribution in [0, 0.1) is 5.82 Å². The van der Waals surface area contributed by atoms with E-state index in [1.807, 2.05) is 25.6 Å². The van der Waals surface area contributed by atoms with Crippen molar-refractivity contribution in [1.82, 2.24) is 0 Å². The van der Waals surface area contributed by atoms with Crippen molar-refractivity contribution in [2.24, 2.45) is 0 Å². The molecule has 0 heterocycles. The summed E-state index contributed by atoms with van der Waals surface area (Å²) in [5.74, 6) is 2.57. The highest BCUT2D eigenvalue weighted by Gasteiger charge is 2.19. The average molecular weight is 286 g/mol. The van der Waals surface area contributed by atoms with Crippen molar-refractivity contribution >= 4 is 11.8 Å². The Morgan fingerprint density at radius 2 is 2.05 bits per heavy atom. The highest BCUT2D eigenvalue weighted by molar-refractivity contribution is 7.99. The van der Waals surface area contributed by atoms with Gasteiger partial charge in [-0.25, -0.2) is 4.39 Å². The van der Waals surface area contributed by atoms with Gasteiger partial charge in [-0.15, -0.1) is 0 Å². The number of halogens is 1. The van der Waals surface area contributed by atoms with E-state index >= 15 is 0 Å². The molecule has 0 saturated carbocycles. The van der Waals surface area contributed by atoms with Crippen molar-refractivity contribution in [3.05, 3.63) is 29.6 Å². The fourth-order valence-electron chi connectivity index (χ4n) is 1.60. The molecule has 108 valence electrons. The molecule has 0 bridgehead atoms. The third kappa shape index (κ3) is 5.83. The van der Waals surface area contributed by atoms with E-state index in [2.05, 4.69) is 6.92 Å². The number of benzene rings is 1. The highest BCUT2D eigenvalue weighted by atomic mass is 32.2. The summed E-state index contributed by atoms with van der Waals surface area (Å²) in [7, 11) is 1.57. The van der Waals surface area contributed by atoms with Gasteiger partial charge in [0.25, 0.3) is 0 Å². The second-order valence-corrected chi connectivity index (χ2v) is 6.35. The van der Waals surface area contributed by atoms with Crippen LogP contribution in [0.15, 0.2) is 18.2 Å². The van der Waals surface area contributed by atoms with E-state index in [1.165, 1.54) is 6.07 Å². The second kappa shape index (κ2) is 7.75. The van der Waals surface area contributed by atoms with Gasteiger partial charge >= 0.3 is 0 Å². The molecule has 0 aliphatic rings. The van der Waals surface area contributed by atoms with E-state index in [-0.39, 0.29) is 18.0 Å². The minimum Gasteiger partial charge on any atom is -0.497 e. The van der Waals surface area contributed by atoms with Crippen LogP contribution in [0.1, 0.15) is 32.8 Å². The molecular weight excluding hydrogens is 263 g/mol. The van der Waals surface area contributed by atoms with Crippen molar-refractivity contribution in [3.8, 4) is 5.75 Å². The number of thioether (sulfide) groups is 1. The van der Waals surface area contributed by atoms with Crippen LogP contribution < -0.4 is 4.74 Å². The van der Waals surface area contributed by atoms with Gasteiger partial charge in [-0.1, -0.05) is 6.92 Å². The van der Waals surface area contributed by atoms with Gasteiger partial charge in [0.1, 0.15) is 11.6 Å². The van der Waals surface area contributed by atoms with Crippen molar-refractivity contribution in [1.29, 1.82) is 0 Å². The van der Waals surface area contributed by atoms with Crippen LogP contribution in [0.5, 0.6) is 5.75 Å². The molecule has 19 heavy (non-hydrogen) atoms. The summed E-state index contributed by atoms with van der Waals surface area (Å²) in [6.07, 6.45) is 0.955. The van der Waals surface area contributed by atoms with Crippen LogP contribution in [-0.4, -0.2) is 24.2 Å². The van der Waals surface area contributed by atoms with Crippen LogP contribution in [0.3, 0.4) is 0 Å². The average Bonchev–Trinajstić information content (AvgIpc) is 2.38. The molecule has 1 aromatic carbocycles. The zero-order valence-corrected chi connectivity index (χ0v) is 13.0. The number of methoxy groups -OCH3 is 1. The largest absolute Gasteiger partial charge is 0.497 e. The summed E-state index contributed by atoms with van der Waals surface area (Å²) in [6.45, 7) is 6.50. The van der Waals surface area contributed by atoms with E-state index < -0.39 is 0 Å². The Bertz CT molecular complexity index is 394. The van der Waals surface area contributed by atoms with Gasteiger partial charge in [0.2, 0.25) is 0 Å². The van der Waals surface area contributed by atoms with Gasteiger partial charge in [0, 0.05) is 5.56 Å². The first-order valence-corrected chi connectivity index (χ1v) is 7.68. The molecule has 0 aliphatic carbocycles. The topological polar surface area (TPSA) is 18.5 Å². The third-order valence-corrected chi connectivity index (χ3v) is 3.82. The van der Waals surface area contributed by atoms with Crippen LogP contribution in [0.25, 0.3) is 0 Å².